The van der Waals surface area contributed by atoms with Gasteiger partial charge in [-0.05, 0) is 59.8 Å². The highest BCUT2D eigenvalue weighted by atomic mass is 35.5. The first-order valence-corrected chi connectivity index (χ1v) is 11.6. The molecule has 1 aliphatic rings. The Bertz CT molecular complexity index is 1330. The molecule has 0 N–H and O–H groups in total. The number of nitrogens with zero attached hydrogens (tertiary/aromatic N) is 3. The van der Waals surface area contributed by atoms with Crippen LogP contribution in [0.3, 0.4) is 0 Å². The predicted molar refractivity (Wildman–Crippen MR) is 134 cm³/mol. The number of halogens is 1. The maximum atomic E-state index is 12.8. The topological polar surface area (TPSA) is 121 Å². The van der Waals surface area contributed by atoms with Crippen molar-refractivity contribution in [3.63, 3.8) is 0 Å². The normalized spacial score (nSPS) is 14.3. The van der Waals surface area contributed by atoms with Crippen LogP contribution in [0.5, 0.6) is 23.1 Å². The van der Waals surface area contributed by atoms with Crippen molar-refractivity contribution in [2.45, 2.75) is 0 Å². The van der Waals surface area contributed by atoms with E-state index in [2.05, 4.69) is 4.98 Å². The van der Waals surface area contributed by atoms with Gasteiger partial charge < -0.3 is 14.2 Å². The van der Waals surface area contributed by atoms with Crippen molar-refractivity contribution >= 4 is 46.3 Å². The van der Waals surface area contributed by atoms with E-state index in [1.807, 2.05) is 0 Å². The van der Waals surface area contributed by atoms with E-state index in [1.165, 1.54) is 19.2 Å². The number of carbonyl (C=O) groups excluding carboxylic acids is 2. The molecule has 0 unspecified atom stereocenters. The molecule has 2 heterocycles. The van der Waals surface area contributed by atoms with Crippen LogP contribution in [0.15, 0.2) is 65.7 Å². The highest BCUT2D eigenvalue weighted by Crippen LogP contribution is 2.36. The smallest absolute Gasteiger partial charge is 0.293 e. The molecular formula is C24H18ClN3O7S. The summed E-state index contributed by atoms with van der Waals surface area (Å²) in [5.74, 6) is 0.982. The number of imide groups is 1. The summed E-state index contributed by atoms with van der Waals surface area (Å²) in [6, 6.07) is 14.4. The summed E-state index contributed by atoms with van der Waals surface area (Å²) in [7, 11) is 1.45. The van der Waals surface area contributed by atoms with Crippen LogP contribution in [0.2, 0.25) is 5.02 Å². The van der Waals surface area contributed by atoms with Gasteiger partial charge in [-0.1, -0.05) is 17.7 Å². The van der Waals surface area contributed by atoms with Gasteiger partial charge in [-0.3, -0.25) is 24.6 Å². The molecule has 0 spiro atoms. The number of hydrogen-bond acceptors (Lipinski definition) is 9. The molecule has 1 aromatic heterocycles. The van der Waals surface area contributed by atoms with E-state index >= 15 is 0 Å². The van der Waals surface area contributed by atoms with Crippen LogP contribution in [0.25, 0.3) is 6.08 Å². The van der Waals surface area contributed by atoms with Gasteiger partial charge in [0.1, 0.15) is 18.6 Å². The summed E-state index contributed by atoms with van der Waals surface area (Å²) in [5.41, 5.74) is 0.453. The Morgan fingerprint density at radius 2 is 1.89 bits per heavy atom. The maximum absolute atomic E-state index is 12.8. The van der Waals surface area contributed by atoms with Crippen molar-refractivity contribution in [3.05, 3.63) is 86.4 Å². The van der Waals surface area contributed by atoms with Crippen molar-refractivity contribution in [2.24, 2.45) is 0 Å². The maximum Gasteiger partial charge on any atom is 0.293 e. The molecule has 2 amide bonds. The van der Waals surface area contributed by atoms with Crippen LogP contribution >= 0.6 is 23.4 Å². The van der Waals surface area contributed by atoms with Gasteiger partial charge in [0.2, 0.25) is 5.88 Å². The number of amides is 2. The van der Waals surface area contributed by atoms with Gasteiger partial charge in [0.15, 0.2) is 11.5 Å². The van der Waals surface area contributed by atoms with Crippen molar-refractivity contribution in [1.82, 2.24) is 9.88 Å². The predicted octanol–water partition coefficient (Wildman–Crippen LogP) is 5.56. The minimum absolute atomic E-state index is 0.100. The highest BCUT2D eigenvalue weighted by molar-refractivity contribution is 8.18. The van der Waals surface area contributed by atoms with E-state index in [9.17, 15) is 19.7 Å². The van der Waals surface area contributed by atoms with Crippen molar-refractivity contribution in [3.8, 4) is 23.1 Å². The largest absolute Gasteiger partial charge is 0.493 e. The van der Waals surface area contributed by atoms with Crippen LogP contribution in [-0.4, -0.2) is 46.2 Å². The fourth-order valence-electron chi connectivity index (χ4n) is 3.14. The zero-order valence-electron chi connectivity index (χ0n) is 18.8. The molecule has 1 saturated heterocycles. The Morgan fingerprint density at radius 3 is 2.56 bits per heavy atom. The van der Waals surface area contributed by atoms with Gasteiger partial charge in [-0.15, -0.1) is 0 Å². The number of carbonyl (C=O) groups is 2. The quantitative estimate of drug-likeness (QED) is 0.200. The summed E-state index contributed by atoms with van der Waals surface area (Å²) < 4.78 is 16.6. The van der Waals surface area contributed by atoms with E-state index in [-0.39, 0.29) is 34.9 Å². The summed E-state index contributed by atoms with van der Waals surface area (Å²) in [6.45, 7) is 0.243. The lowest BCUT2D eigenvalue weighted by Gasteiger charge is -2.13. The van der Waals surface area contributed by atoms with Crippen molar-refractivity contribution < 1.29 is 28.7 Å². The molecule has 4 rings (SSSR count). The van der Waals surface area contributed by atoms with Crippen molar-refractivity contribution in [1.29, 1.82) is 0 Å². The summed E-state index contributed by atoms with van der Waals surface area (Å²) in [6.07, 6.45) is 2.67. The third-order valence-corrected chi connectivity index (χ3v) is 6.06. The van der Waals surface area contributed by atoms with Gasteiger partial charge in [0.05, 0.1) is 23.5 Å². The first-order chi connectivity index (χ1) is 17.3. The minimum atomic E-state index is -0.555. The van der Waals surface area contributed by atoms with Gasteiger partial charge in [0, 0.05) is 17.2 Å². The monoisotopic (exact) mass is 527 g/mol. The van der Waals surface area contributed by atoms with Crippen LogP contribution in [0.4, 0.5) is 10.5 Å². The number of ether oxygens (including phenoxy) is 3. The highest BCUT2D eigenvalue weighted by Gasteiger charge is 2.34. The Labute approximate surface area is 214 Å². The van der Waals surface area contributed by atoms with Gasteiger partial charge in [0.25, 0.3) is 16.8 Å². The number of benzene rings is 2. The van der Waals surface area contributed by atoms with Crippen LogP contribution in [0.1, 0.15) is 5.56 Å². The number of pyridine rings is 1. The Balaban J connectivity index is 1.42. The number of aromatic nitrogens is 1. The van der Waals surface area contributed by atoms with Crippen LogP contribution in [-0.2, 0) is 4.79 Å². The first-order valence-electron chi connectivity index (χ1n) is 10.4. The van der Waals surface area contributed by atoms with E-state index in [4.69, 9.17) is 25.8 Å². The molecule has 36 heavy (non-hydrogen) atoms. The number of hydrogen-bond donors (Lipinski definition) is 0. The molecule has 184 valence electrons. The molecule has 0 aliphatic carbocycles. The summed E-state index contributed by atoms with van der Waals surface area (Å²) in [5, 5.41) is 11.0. The third-order valence-electron chi connectivity index (χ3n) is 4.90. The molecular weight excluding hydrogens is 510 g/mol. The van der Waals surface area contributed by atoms with Crippen molar-refractivity contribution in [2.75, 3.05) is 20.3 Å². The number of nitro groups is 1. The molecule has 1 fully saturated rings. The molecule has 0 radical (unpaired) electrons. The van der Waals surface area contributed by atoms with Crippen LogP contribution in [0, 0.1) is 10.1 Å². The Morgan fingerprint density at radius 1 is 1.11 bits per heavy atom. The molecule has 0 atom stereocenters. The summed E-state index contributed by atoms with van der Waals surface area (Å²) in [4.78, 5) is 40.7. The molecule has 10 nitrogen and oxygen atoms in total. The minimum Gasteiger partial charge on any atom is -0.493 e. The van der Waals surface area contributed by atoms with Gasteiger partial charge >= 0.3 is 0 Å². The molecule has 1 aliphatic heterocycles. The lowest BCUT2D eigenvalue weighted by atomic mass is 10.2. The Hall–Kier alpha value is -4.09. The lowest BCUT2D eigenvalue weighted by Crippen LogP contribution is -2.32. The number of rotatable bonds is 9. The van der Waals surface area contributed by atoms with E-state index in [0.717, 1.165) is 22.9 Å². The SMILES string of the molecule is COc1cc(/C=C2\SC(=O)N(CCOc3ccc(Cl)cc3)C2=O)ccc1Oc1ccc([N+](=O)[O-])cn1. The zero-order chi connectivity index (χ0) is 25.7. The van der Waals surface area contributed by atoms with Crippen LogP contribution < -0.4 is 14.2 Å². The Kier molecular flexibility index (Phi) is 7.71. The average Bonchev–Trinajstić information content (AvgIpc) is 3.13. The van der Waals surface area contributed by atoms with Gasteiger partial charge in [-0.25, -0.2) is 4.98 Å². The second-order valence-corrected chi connectivity index (χ2v) is 8.69. The van der Waals surface area contributed by atoms with E-state index < -0.39 is 10.8 Å². The average molecular weight is 528 g/mol. The van der Waals surface area contributed by atoms with E-state index in [0.29, 0.717) is 27.8 Å². The summed E-state index contributed by atoms with van der Waals surface area (Å²) >= 11 is 6.69. The standard InChI is InChI=1S/C24H18ClN3O7S/c1-33-20-12-15(2-8-19(20)35-22-9-5-17(14-26-22)28(31)32)13-21-23(29)27(24(30)36-21)10-11-34-18-6-3-16(25)4-7-18/h2-9,12-14H,10-11H2,1H3/b21-13-. The first kappa shape index (κ1) is 25.0. The zero-order valence-corrected chi connectivity index (χ0v) is 20.3. The second kappa shape index (κ2) is 11.1. The van der Waals surface area contributed by atoms with E-state index in [1.54, 1.807) is 48.5 Å². The molecule has 0 bridgehead atoms. The molecule has 2 aromatic carbocycles. The number of methoxy groups -OCH3 is 1. The fraction of sp³-hybridized carbons (Fsp3) is 0.125. The second-order valence-electron chi connectivity index (χ2n) is 7.26. The fourth-order valence-corrected chi connectivity index (χ4v) is 4.13. The van der Waals surface area contributed by atoms with Gasteiger partial charge in [-0.2, -0.15) is 0 Å². The molecule has 12 heteroatoms. The molecule has 0 saturated carbocycles. The lowest BCUT2D eigenvalue weighted by molar-refractivity contribution is -0.385. The number of thioether (sulfide) groups is 1. The molecule has 3 aromatic rings. The third kappa shape index (κ3) is 5.93.